The van der Waals surface area contributed by atoms with Gasteiger partial charge in [0.25, 0.3) is 5.91 Å². The summed E-state index contributed by atoms with van der Waals surface area (Å²) in [5.74, 6) is 0.578. The van der Waals surface area contributed by atoms with E-state index in [0.29, 0.717) is 22.4 Å². The molecule has 0 saturated carbocycles. The standard InChI is InChI=1S/C22H18ClN5O2S/c1-14(31-22-25-24-20-6-2-3-11-27(20)22)21(29)28-18(19-5-4-12-30-19)13-17(26-28)15-7-9-16(23)10-8-15/h2-12,14,18H,13H2,1H3/t14-,18-/m1/s1. The van der Waals surface area contributed by atoms with Crippen molar-refractivity contribution in [3.63, 3.8) is 0 Å². The summed E-state index contributed by atoms with van der Waals surface area (Å²) < 4.78 is 7.49. The summed E-state index contributed by atoms with van der Waals surface area (Å²) in [7, 11) is 0. The first-order chi connectivity index (χ1) is 15.1. The summed E-state index contributed by atoms with van der Waals surface area (Å²) in [6.45, 7) is 1.85. The van der Waals surface area contributed by atoms with Gasteiger partial charge in [0, 0.05) is 17.6 Å². The molecule has 4 aromatic rings. The Kier molecular flexibility index (Phi) is 5.25. The lowest BCUT2D eigenvalue weighted by molar-refractivity contribution is -0.132. The maximum absolute atomic E-state index is 13.4. The number of hydrazone groups is 1. The Morgan fingerprint density at radius 3 is 2.77 bits per heavy atom. The largest absolute Gasteiger partial charge is 0.467 e. The molecule has 156 valence electrons. The molecule has 7 nitrogen and oxygen atoms in total. The summed E-state index contributed by atoms with van der Waals surface area (Å²) >= 11 is 7.38. The van der Waals surface area contributed by atoms with Crippen LogP contribution in [0.25, 0.3) is 5.65 Å². The molecular formula is C22H18ClN5O2S. The van der Waals surface area contributed by atoms with Crippen LogP contribution in [0.4, 0.5) is 0 Å². The SMILES string of the molecule is C[C@@H](Sc1nnc2ccccn12)C(=O)N1N=C(c2ccc(Cl)cc2)C[C@@H]1c1ccco1. The van der Waals surface area contributed by atoms with E-state index < -0.39 is 5.25 Å². The number of rotatable bonds is 5. The van der Waals surface area contributed by atoms with E-state index in [1.165, 1.54) is 16.8 Å². The number of benzene rings is 1. The minimum atomic E-state index is -0.418. The van der Waals surface area contributed by atoms with Crippen molar-refractivity contribution in [3.05, 3.63) is 83.4 Å². The fraction of sp³-hybridized carbons (Fsp3) is 0.182. The minimum absolute atomic E-state index is 0.122. The molecule has 1 aliphatic rings. The van der Waals surface area contributed by atoms with Crippen LogP contribution in [0, 0.1) is 0 Å². The van der Waals surface area contributed by atoms with Crippen LogP contribution in [0.5, 0.6) is 0 Å². The maximum Gasteiger partial charge on any atom is 0.256 e. The highest BCUT2D eigenvalue weighted by atomic mass is 35.5. The molecule has 4 heterocycles. The van der Waals surface area contributed by atoms with Crippen molar-refractivity contribution >= 4 is 40.6 Å². The zero-order valence-electron chi connectivity index (χ0n) is 16.6. The Hall–Kier alpha value is -3.10. The number of furan rings is 1. The number of aromatic nitrogens is 3. The van der Waals surface area contributed by atoms with Crippen LogP contribution in [-0.4, -0.2) is 36.5 Å². The van der Waals surface area contributed by atoms with Gasteiger partial charge < -0.3 is 4.42 Å². The van der Waals surface area contributed by atoms with Gasteiger partial charge in [-0.25, -0.2) is 5.01 Å². The van der Waals surface area contributed by atoms with Gasteiger partial charge in [0.2, 0.25) is 0 Å². The molecule has 31 heavy (non-hydrogen) atoms. The quantitative estimate of drug-likeness (QED) is 0.406. The Morgan fingerprint density at radius 2 is 2.00 bits per heavy atom. The third-order valence-electron chi connectivity index (χ3n) is 5.10. The molecular weight excluding hydrogens is 434 g/mol. The fourth-order valence-corrected chi connectivity index (χ4v) is 4.53. The summed E-state index contributed by atoms with van der Waals surface area (Å²) in [4.78, 5) is 13.4. The number of pyridine rings is 1. The minimum Gasteiger partial charge on any atom is -0.467 e. The van der Waals surface area contributed by atoms with Gasteiger partial charge in [0.15, 0.2) is 10.8 Å². The van der Waals surface area contributed by atoms with Gasteiger partial charge in [-0.3, -0.25) is 9.20 Å². The summed E-state index contributed by atoms with van der Waals surface area (Å²) in [6, 6.07) is 16.5. The number of amides is 1. The lowest BCUT2D eigenvalue weighted by atomic mass is 10.0. The summed E-state index contributed by atoms with van der Waals surface area (Å²) in [5.41, 5.74) is 2.49. The number of hydrogen-bond acceptors (Lipinski definition) is 6. The molecule has 0 unspecified atom stereocenters. The van der Waals surface area contributed by atoms with Gasteiger partial charge in [0.1, 0.15) is 11.8 Å². The lowest BCUT2D eigenvalue weighted by Gasteiger charge is -2.22. The van der Waals surface area contributed by atoms with Crippen LogP contribution in [0.2, 0.25) is 5.02 Å². The van der Waals surface area contributed by atoms with E-state index in [2.05, 4.69) is 15.3 Å². The Balaban J connectivity index is 1.43. The number of carbonyl (C=O) groups is 1. The highest BCUT2D eigenvalue weighted by Crippen LogP contribution is 2.35. The predicted octanol–water partition coefficient (Wildman–Crippen LogP) is 4.83. The molecule has 0 N–H and O–H groups in total. The number of thioether (sulfide) groups is 1. The van der Waals surface area contributed by atoms with Crippen LogP contribution in [0.3, 0.4) is 0 Å². The van der Waals surface area contributed by atoms with Crippen molar-refractivity contribution in [1.82, 2.24) is 19.6 Å². The summed E-state index contributed by atoms with van der Waals surface area (Å²) in [5, 5.41) is 15.5. The first kappa shape index (κ1) is 19.8. The van der Waals surface area contributed by atoms with Crippen LogP contribution in [0.1, 0.15) is 30.7 Å². The molecule has 1 amide bonds. The summed E-state index contributed by atoms with van der Waals surface area (Å²) in [6.07, 6.45) is 4.05. The third-order valence-corrected chi connectivity index (χ3v) is 6.39. The van der Waals surface area contributed by atoms with E-state index in [1.807, 2.05) is 72.1 Å². The van der Waals surface area contributed by atoms with Gasteiger partial charge in [-0.2, -0.15) is 5.10 Å². The molecule has 3 aromatic heterocycles. The number of fused-ring (bicyclic) bond motifs is 1. The van der Waals surface area contributed by atoms with E-state index >= 15 is 0 Å². The fourth-order valence-electron chi connectivity index (χ4n) is 3.53. The zero-order chi connectivity index (χ0) is 21.4. The smallest absolute Gasteiger partial charge is 0.256 e. The molecule has 9 heteroatoms. The average molecular weight is 452 g/mol. The molecule has 0 aliphatic carbocycles. The Bertz CT molecular complexity index is 1250. The second kappa shape index (κ2) is 8.20. The van der Waals surface area contributed by atoms with E-state index in [1.54, 1.807) is 6.26 Å². The predicted molar refractivity (Wildman–Crippen MR) is 119 cm³/mol. The van der Waals surface area contributed by atoms with Crippen molar-refractivity contribution in [3.8, 4) is 0 Å². The molecule has 0 spiro atoms. The van der Waals surface area contributed by atoms with Crippen molar-refractivity contribution in [2.45, 2.75) is 29.8 Å². The molecule has 1 aliphatic heterocycles. The van der Waals surface area contributed by atoms with Crippen LogP contribution in [0.15, 0.2) is 81.7 Å². The Labute approximate surface area is 187 Å². The van der Waals surface area contributed by atoms with Crippen LogP contribution < -0.4 is 0 Å². The van der Waals surface area contributed by atoms with Gasteiger partial charge in [-0.1, -0.05) is 41.6 Å². The van der Waals surface area contributed by atoms with Gasteiger partial charge in [-0.15, -0.1) is 10.2 Å². The number of hydrogen-bond donors (Lipinski definition) is 0. The van der Waals surface area contributed by atoms with Gasteiger partial charge >= 0.3 is 0 Å². The second-order valence-electron chi connectivity index (χ2n) is 7.14. The van der Waals surface area contributed by atoms with E-state index in [4.69, 9.17) is 16.0 Å². The maximum atomic E-state index is 13.4. The van der Waals surface area contributed by atoms with E-state index in [-0.39, 0.29) is 11.9 Å². The highest BCUT2D eigenvalue weighted by Gasteiger charge is 2.37. The molecule has 0 bridgehead atoms. The third kappa shape index (κ3) is 3.84. The number of carbonyl (C=O) groups excluding carboxylic acids is 1. The normalized spacial score (nSPS) is 17.2. The average Bonchev–Trinajstić information content (AvgIpc) is 3.53. The van der Waals surface area contributed by atoms with Crippen molar-refractivity contribution in [2.24, 2.45) is 5.10 Å². The Morgan fingerprint density at radius 1 is 1.16 bits per heavy atom. The molecule has 0 fully saturated rings. The van der Waals surface area contributed by atoms with Crippen molar-refractivity contribution in [2.75, 3.05) is 0 Å². The topological polar surface area (TPSA) is 76.0 Å². The molecule has 0 saturated heterocycles. The monoisotopic (exact) mass is 451 g/mol. The highest BCUT2D eigenvalue weighted by molar-refractivity contribution is 8.00. The van der Waals surface area contributed by atoms with E-state index in [0.717, 1.165) is 16.9 Å². The zero-order valence-corrected chi connectivity index (χ0v) is 18.1. The molecule has 2 atom stereocenters. The number of halogens is 1. The lowest BCUT2D eigenvalue weighted by Crippen LogP contribution is -2.33. The second-order valence-corrected chi connectivity index (χ2v) is 8.89. The number of nitrogens with zero attached hydrogens (tertiary/aromatic N) is 5. The van der Waals surface area contributed by atoms with Crippen LogP contribution >= 0.6 is 23.4 Å². The van der Waals surface area contributed by atoms with Crippen molar-refractivity contribution < 1.29 is 9.21 Å². The van der Waals surface area contributed by atoms with Crippen LogP contribution in [-0.2, 0) is 4.79 Å². The molecule has 0 radical (unpaired) electrons. The van der Waals surface area contributed by atoms with Gasteiger partial charge in [0.05, 0.1) is 17.2 Å². The first-order valence-electron chi connectivity index (χ1n) is 9.76. The molecule has 1 aromatic carbocycles. The molecule has 5 rings (SSSR count). The first-order valence-corrected chi connectivity index (χ1v) is 11.0. The van der Waals surface area contributed by atoms with Crippen molar-refractivity contribution in [1.29, 1.82) is 0 Å². The van der Waals surface area contributed by atoms with Gasteiger partial charge in [-0.05, 0) is 48.9 Å². The van der Waals surface area contributed by atoms with E-state index in [9.17, 15) is 4.79 Å².